The Hall–Kier alpha value is -8.00. The number of fused-ring (bicyclic) bond motifs is 7. The first-order valence-electron chi connectivity index (χ1n) is 24.0. The van der Waals surface area contributed by atoms with Crippen LogP contribution in [0.3, 0.4) is 0 Å². The van der Waals surface area contributed by atoms with Gasteiger partial charge in [-0.25, -0.2) is 0 Å². The molecule has 0 aliphatic rings. The first kappa shape index (κ1) is 42.6. The van der Waals surface area contributed by atoms with E-state index in [1.54, 1.807) is 0 Å². The van der Waals surface area contributed by atoms with Crippen LogP contribution < -0.4 is 4.90 Å². The zero-order valence-corrected chi connectivity index (χ0v) is 40.1. The molecule has 0 fully saturated rings. The molecule has 0 unspecified atom stereocenters. The van der Waals surface area contributed by atoms with Crippen molar-refractivity contribution in [3.05, 3.63) is 239 Å². The highest BCUT2D eigenvalue weighted by Crippen LogP contribution is 2.47. The lowest BCUT2D eigenvalue weighted by atomic mass is 9.88. The first-order chi connectivity index (χ1) is 33.2. The van der Waals surface area contributed by atoms with E-state index in [4.69, 9.17) is 0 Å². The molecule has 11 rings (SSSR count). The van der Waals surface area contributed by atoms with Crippen LogP contribution in [0.1, 0.15) is 45.9 Å². The van der Waals surface area contributed by atoms with Crippen molar-refractivity contribution in [3.8, 4) is 33.4 Å². The highest BCUT2D eigenvalue weighted by molar-refractivity contribution is 6.15. The molecule has 1 nitrogen and oxygen atoms in total. The smallest absolute Gasteiger partial charge is 0.0494 e. The van der Waals surface area contributed by atoms with Crippen LogP contribution in [0.2, 0.25) is 0 Å². The Morgan fingerprint density at radius 2 is 0.676 bits per heavy atom. The van der Waals surface area contributed by atoms with Crippen LogP contribution in [-0.4, -0.2) is 0 Å². The van der Waals surface area contributed by atoms with Gasteiger partial charge in [-0.3, -0.25) is 0 Å². The molecule has 0 saturated carbocycles. The molecule has 68 heavy (non-hydrogen) atoms. The zero-order valence-electron chi connectivity index (χ0n) is 40.1. The van der Waals surface area contributed by atoms with Crippen molar-refractivity contribution in [1.29, 1.82) is 0 Å². The van der Waals surface area contributed by atoms with E-state index < -0.39 is 0 Å². The van der Waals surface area contributed by atoms with Crippen molar-refractivity contribution in [2.75, 3.05) is 4.90 Å². The summed E-state index contributed by atoms with van der Waals surface area (Å²) in [5, 5.41) is 12.7. The fourth-order valence-corrected chi connectivity index (χ4v) is 10.9. The van der Waals surface area contributed by atoms with Crippen molar-refractivity contribution in [1.82, 2.24) is 0 Å². The molecule has 11 aromatic rings. The summed E-state index contributed by atoms with van der Waals surface area (Å²) in [7, 11) is 0. The largest absolute Gasteiger partial charge is 0.310 e. The molecule has 0 heterocycles. The molecule has 0 N–H and O–H groups in total. The van der Waals surface area contributed by atoms with Crippen LogP contribution in [0.5, 0.6) is 0 Å². The van der Waals surface area contributed by atoms with Crippen molar-refractivity contribution < 1.29 is 0 Å². The maximum atomic E-state index is 2.55. The third-order valence-corrected chi connectivity index (χ3v) is 14.3. The van der Waals surface area contributed by atoms with E-state index in [-0.39, 0.29) is 0 Å². The number of benzene rings is 11. The van der Waals surface area contributed by atoms with Gasteiger partial charge in [0.1, 0.15) is 0 Å². The van der Waals surface area contributed by atoms with Gasteiger partial charge >= 0.3 is 0 Å². The van der Waals surface area contributed by atoms with Gasteiger partial charge in [0.05, 0.1) is 0 Å². The molecule has 0 aliphatic heterocycles. The highest BCUT2D eigenvalue weighted by Gasteiger charge is 2.24. The number of allylic oxidation sites excluding steroid dienone is 3. The second-order valence-corrected chi connectivity index (χ2v) is 18.7. The monoisotopic (exact) mass is 873 g/mol. The van der Waals surface area contributed by atoms with Crippen LogP contribution >= 0.6 is 0 Å². The van der Waals surface area contributed by atoms with Gasteiger partial charge in [-0.15, -0.1) is 0 Å². The summed E-state index contributed by atoms with van der Waals surface area (Å²) in [4.78, 5) is 2.55. The third kappa shape index (κ3) is 7.27. The summed E-state index contributed by atoms with van der Waals surface area (Å²) in [6.45, 7) is 15.8. The number of nitrogens with zero attached hydrogens (tertiary/aromatic N) is 1. The Morgan fingerprint density at radius 1 is 0.294 bits per heavy atom. The lowest BCUT2D eigenvalue weighted by Gasteiger charge is -2.32. The summed E-state index contributed by atoms with van der Waals surface area (Å²) in [5.74, 6) is 0. The quantitative estimate of drug-likeness (QED) is 0.109. The molecule has 0 spiro atoms. The summed E-state index contributed by atoms with van der Waals surface area (Å²) in [5.41, 5.74) is 19.7. The van der Waals surface area contributed by atoms with Crippen LogP contribution in [0.4, 0.5) is 17.1 Å². The van der Waals surface area contributed by atoms with Crippen LogP contribution in [0.15, 0.2) is 200 Å². The molecular weight excluding hydrogens is 819 g/mol. The van der Waals surface area contributed by atoms with E-state index >= 15 is 0 Å². The zero-order chi connectivity index (χ0) is 46.6. The van der Waals surface area contributed by atoms with Crippen molar-refractivity contribution in [2.45, 2.75) is 48.5 Å². The second-order valence-electron chi connectivity index (χ2n) is 18.7. The summed E-state index contributed by atoms with van der Waals surface area (Å²) in [6.07, 6.45) is 8.49. The van der Waals surface area contributed by atoms with Gasteiger partial charge in [-0.05, 0) is 223 Å². The van der Waals surface area contributed by atoms with Crippen molar-refractivity contribution in [3.63, 3.8) is 0 Å². The Morgan fingerprint density at radius 3 is 1.16 bits per heavy atom. The van der Waals surface area contributed by atoms with E-state index in [2.05, 4.69) is 260 Å². The maximum absolute atomic E-state index is 2.55. The summed E-state index contributed by atoms with van der Waals surface area (Å²) in [6, 6.07) is 68.1. The molecule has 0 saturated heterocycles. The number of rotatable bonds is 8. The average Bonchev–Trinajstić information content (AvgIpc) is 3.36. The Kier molecular flexibility index (Phi) is 10.9. The van der Waals surface area contributed by atoms with Gasteiger partial charge in [0.15, 0.2) is 0 Å². The minimum Gasteiger partial charge on any atom is -0.310 e. The number of hydrogen-bond acceptors (Lipinski definition) is 1. The second kappa shape index (κ2) is 17.3. The van der Waals surface area contributed by atoms with E-state index in [0.29, 0.717) is 0 Å². The van der Waals surface area contributed by atoms with E-state index in [1.165, 1.54) is 143 Å². The molecular formula is C67H55N. The fourth-order valence-electron chi connectivity index (χ4n) is 10.9. The maximum Gasteiger partial charge on any atom is 0.0494 e. The lowest BCUT2D eigenvalue weighted by molar-refractivity contribution is 1.19. The molecule has 328 valence electrons. The molecule has 0 bridgehead atoms. The van der Waals surface area contributed by atoms with Crippen molar-refractivity contribution in [2.24, 2.45) is 0 Å². The predicted molar refractivity (Wildman–Crippen MR) is 297 cm³/mol. The molecule has 0 aliphatic carbocycles. The topological polar surface area (TPSA) is 3.24 Å². The summed E-state index contributed by atoms with van der Waals surface area (Å²) < 4.78 is 0. The predicted octanol–water partition coefficient (Wildman–Crippen LogP) is 19.4. The van der Waals surface area contributed by atoms with Crippen LogP contribution in [0, 0.1) is 41.5 Å². The molecule has 0 radical (unpaired) electrons. The van der Waals surface area contributed by atoms with E-state index in [9.17, 15) is 0 Å². The Labute approximate surface area is 401 Å². The first-order valence-corrected chi connectivity index (χ1v) is 24.0. The average molecular weight is 874 g/mol. The normalized spacial score (nSPS) is 11.9. The van der Waals surface area contributed by atoms with E-state index in [0.717, 1.165) is 0 Å². The van der Waals surface area contributed by atoms with Gasteiger partial charge in [0, 0.05) is 17.1 Å². The standard InChI is InChI=1S/C67H55N/c1-8-9-10-21-48-24-19-32-56-51(48)31-20-33-57(56)60-34-45(5)65(37-42(60)2)68(66-38-43(3)61(35-46(66)6)63-40-49-22-11-13-25-52(49)54-27-15-17-29-58(54)63)67-39-44(4)62(36-47(67)7)64-41-50-23-12-14-26-53(50)55-28-16-18-30-59(55)64/h8-41H,1-7H3/b9-8-,21-10-. The number of hydrogen-bond donors (Lipinski definition) is 0. The minimum atomic E-state index is 1.18. The van der Waals surface area contributed by atoms with Gasteiger partial charge in [0.25, 0.3) is 0 Å². The molecule has 1 heteroatoms. The van der Waals surface area contributed by atoms with Gasteiger partial charge in [-0.1, -0.05) is 158 Å². The molecule has 0 atom stereocenters. The SMILES string of the molecule is C/C=C\C=C/c1cccc2c(-c3cc(C)c(N(c4cc(C)c(-c5cc6ccccc6c6ccccc56)cc4C)c4cc(C)c(-c5cc6ccccc6c6ccccc56)cc4C)cc3C)cccc12. The molecule has 11 aromatic carbocycles. The van der Waals surface area contributed by atoms with Gasteiger partial charge < -0.3 is 4.90 Å². The van der Waals surface area contributed by atoms with E-state index in [1.807, 2.05) is 0 Å². The van der Waals surface area contributed by atoms with Crippen molar-refractivity contribution >= 4 is 77.0 Å². The van der Waals surface area contributed by atoms with Crippen LogP contribution in [-0.2, 0) is 0 Å². The highest BCUT2D eigenvalue weighted by atomic mass is 15.1. The Balaban J connectivity index is 1.11. The van der Waals surface area contributed by atoms with Crippen LogP contribution in [0.25, 0.3) is 93.3 Å². The van der Waals surface area contributed by atoms with Gasteiger partial charge in [-0.2, -0.15) is 0 Å². The molecule has 0 aromatic heterocycles. The lowest BCUT2D eigenvalue weighted by Crippen LogP contribution is -2.15. The number of aryl methyl sites for hydroxylation is 6. The van der Waals surface area contributed by atoms with Gasteiger partial charge in [0.2, 0.25) is 0 Å². The Bertz CT molecular complexity index is 3700. The fraction of sp³-hybridized carbons (Fsp3) is 0.104. The third-order valence-electron chi connectivity index (χ3n) is 14.3. The number of anilines is 3. The molecule has 0 amide bonds. The minimum absolute atomic E-state index is 1.18. The summed E-state index contributed by atoms with van der Waals surface area (Å²) >= 11 is 0.